The number of nitrogens with zero attached hydrogens (tertiary/aromatic N) is 4. The number of aryl methyl sites for hydroxylation is 1. The second kappa shape index (κ2) is 7.34. The van der Waals surface area contributed by atoms with Gasteiger partial charge >= 0.3 is 0 Å². The topological polar surface area (TPSA) is 33.4 Å². The first-order chi connectivity index (χ1) is 12.1. The smallest absolute Gasteiger partial charge is 0.0954 e. The second-order valence-electron chi connectivity index (χ2n) is 6.31. The van der Waals surface area contributed by atoms with Crippen LogP contribution in [-0.2, 0) is 6.42 Å². The van der Waals surface area contributed by atoms with Gasteiger partial charge in [0.25, 0.3) is 0 Å². The fourth-order valence-corrected chi connectivity index (χ4v) is 3.10. The molecular formula is C21H24N4. The molecule has 1 unspecified atom stereocenters. The molecule has 0 N–H and O–H groups in total. The summed E-state index contributed by atoms with van der Waals surface area (Å²) in [6.45, 7) is 5.86. The van der Waals surface area contributed by atoms with Crippen molar-refractivity contribution in [3.63, 3.8) is 0 Å². The van der Waals surface area contributed by atoms with Crippen LogP contribution in [0, 0.1) is 0 Å². The molecule has 0 spiro atoms. The van der Waals surface area contributed by atoms with Crippen LogP contribution in [0.4, 0.5) is 11.4 Å². The van der Waals surface area contributed by atoms with E-state index in [0.717, 1.165) is 17.8 Å². The summed E-state index contributed by atoms with van der Waals surface area (Å²) in [5.74, 6) is 0. The van der Waals surface area contributed by atoms with Gasteiger partial charge in [-0.2, -0.15) is 0 Å². The van der Waals surface area contributed by atoms with E-state index < -0.39 is 0 Å². The molecule has 3 rings (SSSR count). The molecule has 0 aliphatic carbocycles. The van der Waals surface area contributed by atoms with Crippen LogP contribution in [0.25, 0.3) is 0 Å². The van der Waals surface area contributed by atoms with Crippen molar-refractivity contribution in [3.05, 3.63) is 77.9 Å². The number of aromatic nitrogens is 2. The number of imidazole rings is 1. The van der Waals surface area contributed by atoms with Crippen molar-refractivity contribution in [1.29, 1.82) is 0 Å². The van der Waals surface area contributed by atoms with Gasteiger partial charge in [0.15, 0.2) is 0 Å². The molecule has 0 bridgehead atoms. The second-order valence-corrected chi connectivity index (χ2v) is 6.31. The lowest BCUT2D eigenvalue weighted by atomic mass is 9.96. The quantitative estimate of drug-likeness (QED) is 0.624. The molecule has 0 aliphatic rings. The fourth-order valence-electron chi connectivity index (χ4n) is 3.10. The molecule has 2 aromatic carbocycles. The highest BCUT2D eigenvalue weighted by Crippen LogP contribution is 2.34. The van der Waals surface area contributed by atoms with Crippen LogP contribution in [0.1, 0.15) is 29.7 Å². The summed E-state index contributed by atoms with van der Waals surface area (Å²) >= 11 is 0. The number of aliphatic imine (C=N–C) groups is 1. The average molecular weight is 332 g/mol. The summed E-state index contributed by atoms with van der Waals surface area (Å²) in [6, 6.07) is 15.2. The molecule has 4 heteroatoms. The highest BCUT2D eigenvalue weighted by atomic mass is 15.1. The van der Waals surface area contributed by atoms with Crippen LogP contribution in [-0.4, -0.2) is 30.4 Å². The Morgan fingerprint density at radius 2 is 1.84 bits per heavy atom. The molecule has 1 heterocycles. The van der Waals surface area contributed by atoms with E-state index in [9.17, 15) is 0 Å². The standard InChI is InChI=1S/C21H24N4/c1-5-16-6-8-17(9-7-16)21(25-13-12-23-15-25)18-10-11-19(22-2)20(14-18)24(3)4/h6-15,21H,2,5H2,1,3-4H3. The summed E-state index contributed by atoms with van der Waals surface area (Å²) in [6.07, 6.45) is 6.74. The molecule has 0 fully saturated rings. The third-order valence-electron chi connectivity index (χ3n) is 4.49. The minimum absolute atomic E-state index is 0.0750. The first-order valence-corrected chi connectivity index (χ1v) is 8.48. The van der Waals surface area contributed by atoms with Gasteiger partial charge in [-0.25, -0.2) is 4.98 Å². The number of anilines is 1. The third-order valence-corrected chi connectivity index (χ3v) is 4.49. The lowest BCUT2D eigenvalue weighted by Gasteiger charge is -2.23. The van der Waals surface area contributed by atoms with Crippen molar-refractivity contribution in [2.75, 3.05) is 19.0 Å². The van der Waals surface area contributed by atoms with Gasteiger partial charge < -0.3 is 9.47 Å². The molecule has 1 aromatic heterocycles. The van der Waals surface area contributed by atoms with Crippen molar-refractivity contribution in [2.24, 2.45) is 4.99 Å². The fraction of sp³-hybridized carbons (Fsp3) is 0.238. The number of hydrogen-bond donors (Lipinski definition) is 0. The van der Waals surface area contributed by atoms with Crippen LogP contribution in [0.5, 0.6) is 0 Å². The molecule has 25 heavy (non-hydrogen) atoms. The summed E-state index contributed by atoms with van der Waals surface area (Å²) in [5.41, 5.74) is 5.72. The lowest BCUT2D eigenvalue weighted by Crippen LogP contribution is -2.13. The first-order valence-electron chi connectivity index (χ1n) is 8.48. The Hall–Kier alpha value is -2.88. The van der Waals surface area contributed by atoms with Crippen LogP contribution in [0.2, 0.25) is 0 Å². The number of rotatable bonds is 6. The van der Waals surface area contributed by atoms with Crippen molar-refractivity contribution >= 4 is 18.1 Å². The molecule has 0 aliphatic heterocycles. The van der Waals surface area contributed by atoms with Gasteiger partial charge in [0.1, 0.15) is 0 Å². The van der Waals surface area contributed by atoms with E-state index in [1.165, 1.54) is 16.7 Å². The van der Waals surface area contributed by atoms with Crippen LogP contribution in [0.15, 0.2) is 66.2 Å². The minimum atomic E-state index is 0.0750. The Morgan fingerprint density at radius 3 is 2.40 bits per heavy atom. The van der Waals surface area contributed by atoms with Gasteiger partial charge in [-0.1, -0.05) is 37.3 Å². The monoisotopic (exact) mass is 332 g/mol. The zero-order chi connectivity index (χ0) is 17.8. The normalized spacial score (nSPS) is 12.0. The van der Waals surface area contributed by atoms with Crippen molar-refractivity contribution in [3.8, 4) is 0 Å². The van der Waals surface area contributed by atoms with Crippen LogP contribution in [0.3, 0.4) is 0 Å². The molecule has 0 saturated carbocycles. The third kappa shape index (κ3) is 3.48. The molecule has 1 atom stereocenters. The highest BCUT2D eigenvalue weighted by molar-refractivity contribution is 5.70. The molecule has 3 aromatic rings. The maximum Gasteiger partial charge on any atom is 0.0954 e. The van der Waals surface area contributed by atoms with E-state index in [-0.39, 0.29) is 6.04 Å². The van der Waals surface area contributed by atoms with E-state index in [1.54, 1.807) is 0 Å². The van der Waals surface area contributed by atoms with E-state index >= 15 is 0 Å². The van der Waals surface area contributed by atoms with E-state index in [4.69, 9.17) is 0 Å². The summed E-state index contributed by atoms with van der Waals surface area (Å²) in [7, 11) is 4.05. The van der Waals surface area contributed by atoms with Crippen LogP contribution >= 0.6 is 0 Å². The molecule has 0 amide bonds. The van der Waals surface area contributed by atoms with Gasteiger partial charge in [-0.15, -0.1) is 0 Å². The molecule has 128 valence electrons. The van der Waals surface area contributed by atoms with Crippen molar-refractivity contribution < 1.29 is 0 Å². The molecular weight excluding hydrogens is 308 g/mol. The Kier molecular flexibility index (Phi) is 4.98. The lowest BCUT2D eigenvalue weighted by molar-refractivity contribution is 0.676. The predicted molar refractivity (Wildman–Crippen MR) is 105 cm³/mol. The van der Waals surface area contributed by atoms with Gasteiger partial charge in [-0.05, 0) is 42.0 Å². The predicted octanol–water partition coefficient (Wildman–Crippen LogP) is 4.48. The van der Waals surface area contributed by atoms with Gasteiger partial charge in [0.2, 0.25) is 0 Å². The Labute approximate surface area is 149 Å². The highest BCUT2D eigenvalue weighted by Gasteiger charge is 2.18. The summed E-state index contributed by atoms with van der Waals surface area (Å²) < 4.78 is 2.14. The van der Waals surface area contributed by atoms with Gasteiger partial charge in [0.05, 0.1) is 23.7 Å². The maximum atomic E-state index is 4.24. The Morgan fingerprint density at radius 1 is 1.12 bits per heavy atom. The van der Waals surface area contributed by atoms with E-state index in [1.807, 2.05) is 38.9 Å². The average Bonchev–Trinajstić information content (AvgIpc) is 3.16. The molecule has 0 radical (unpaired) electrons. The zero-order valence-electron chi connectivity index (χ0n) is 15.1. The molecule has 4 nitrogen and oxygen atoms in total. The Balaban J connectivity index is 2.12. The van der Waals surface area contributed by atoms with Crippen molar-refractivity contribution in [1.82, 2.24) is 9.55 Å². The van der Waals surface area contributed by atoms with E-state index in [0.29, 0.717) is 0 Å². The molecule has 0 saturated heterocycles. The Bertz CT molecular complexity index is 833. The van der Waals surface area contributed by atoms with Crippen LogP contribution < -0.4 is 4.90 Å². The summed E-state index contributed by atoms with van der Waals surface area (Å²) in [4.78, 5) is 10.5. The van der Waals surface area contributed by atoms with Gasteiger partial charge in [-0.3, -0.25) is 4.99 Å². The summed E-state index contributed by atoms with van der Waals surface area (Å²) in [5, 5.41) is 0. The number of hydrogen-bond acceptors (Lipinski definition) is 3. The van der Waals surface area contributed by atoms with Gasteiger partial charge in [0, 0.05) is 26.5 Å². The zero-order valence-corrected chi connectivity index (χ0v) is 15.1. The van der Waals surface area contributed by atoms with Crippen molar-refractivity contribution in [2.45, 2.75) is 19.4 Å². The number of benzene rings is 2. The largest absolute Gasteiger partial charge is 0.376 e. The van der Waals surface area contributed by atoms with E-state index in [2.05, 4.69) is 69.5 Å². The SMILES string of the molecule is C=Nc1ccc(C(c2ccc(CC)cc2)n2ccnc2)cc1N(C)C. The minimum Gasteiger partial charge on any atom is -0.376 e. The maximum absolute atomic E-state index is 4.24. The first kappa shape index (κ1) is 17.0.